The molecule has 0 radical (unpaired) electrons. The Morgan fingerprint density at radius 2 is 2.19 bits per heavy atom. The Morgan fingerprint density at radius 3 is 2.88 bits per heavy atom. The molecule has 0 aliphatic carbocycles. The van der Waals surface area contributed by atoms with Gasteiger partial charge in [-0.15, -0.1) is 0 Å². The van der Waals surface area contributed by atoms with Crippen LogP contribution < -0.4 is 5.32 Å². The fraction of sp³-hybridized carbons (Fsp3) is 0.250. The van der Waals surface area contributed by atoms with Crippen molar-refractivity contribution in [2.75, 3.05) is 0 Å². The molecule has 1 N–H and O–H groups in total. The van der Waals surface area contributed by atoms with Crippen LogP contribution in [-0.4, -0.2) is 5.16 Å². The van der Waals surface area contributed by atoms with Crippen LogP contribution in [0.5, 0.6) is 0 Å². The molecule has 16 heavy (non-hydrogen) atoms. The molecule has 3 nitrogen and oxygen atoms in total. The fourth-order valence-electron chi connectivity index (χ4n) is 1.52. The molecule has 0 aliphatic heterocycles. The molecule has 0 fully saturated rings. The molecule has 0 aliphatic rings. The number of hydrogen-bond acceptors (Lipinski definition) is 3. The van der Waals surface area contributed by atoms with Crippen LogP contribution in [0.4, 0.5) is 0 Å². The van der Waals surface area contributed by atoms with Crippen molar-refractivity contribution in [3.63, 3.8) is 0 Å². The van der Waals surface area contributed by atoms with Crippen molar-refractivity contribution in [2.45, 2.75) is 19.5 Å². The fourth-order valence-corrected chi connectivity index (χ4v) is 2.15. The molecule has 2 aromatic rings. The predicted molar refractivity (Wildman–Crippen MR) is 65.9 cm³/mol. The first-order valence-electron chi connectivity index (χ1n) is 5.15. The lowest BCUT2D eigenvalue weighted by Gasteiger charge is -2.14. The van der Waals surface area contributed by atoms with E-state index in [9.17, 15) is 0 Å². The molecular formula is C12H13BrN2O. The topological polar surface area (TPSA) is 38.1 Å². The number of nitrogens with zero attached hydrogens (tertiary/aromatic N) is 1. The largest absolute Gasteiger partial charge is 0.360 e. The Morgan fingerprint density at radius 1 is 1.38 bits per heavy atom. The third-order valence-corrected chi connectivity index (χ3v) is 3.17. The summed E-state index contributed by atoms with van der Waals surface area (Å²) in [5.74, 6) is 0.846. The van der Waals surface area contributed by atoms with E-state index in [-0.39, 0.29) is 6.04 Å². The second-order valence-electron chi connectivity index (χ2n) is 3.60. The Kier molecular flexibility index (Phi) is 3.74. The highest BCUT2D eigenvalue weighted by Crippen LogP contribution is 2.22. The molecule has 1 aromatic carbocycles. The van der Waals surface area contributed by atoms with Crippen molar-refractivity contribution < 1.29 is 4.52 Å². The van der Waals surface area contributed by atoms with Gasteiger partial charge in [-0.1, -0.05) is 39.3 Å². The SMILES string of the molecule is CC(NCc1ccno1)c1ccccc1Br. The van der Waals surface area contributed by atoms with Crippen LogP contribution in [0.2, 0.25) is 0 Å². The van der Waals surface area contributed by atoms with Crippen LogP contribution in [-0.2, 0) is 6.54 Å². The smallest absolute Gasteiger partial charge is 0.150 e. The van der Waals surface area contributed by atoms with Gasteiger partial charge in [0.15, 0.2) is 0 Å². The van der Waals surface area contributed by atoms with E-state index in [4.69, 9.17) is 4.52 Å². The zero-order chi connectivity index (χ0) is 11.4. The maximum Gasteiger partial charge on any atom is 0.150 e. The van der Waals surface area contributed by atoms with Gasteiger partial charge in [-0.3, -0.25) is 0 Å². The van der Waals surface area contributed by atoms with Gasteiger partial charge in [-0.25, -0.2) is 0 Å². The minimum Gasteiger partial charge on any atom is -0.360 e. The third kappa shape index (κ3) is 2.71. The zero-order valence-corrected chi connectivity index (χ0v) is 10.6. The Labute approximate surface area is 103 Å². The van der Waals surface area contributed by atoms with Crippen molar-refractivity contribution in [1.29, 1.82) is 0 Å². The molecule has 0 bridgehead atoms. The maximum atomic E-state index is 5.03. The number of aromatic nitrogens is 1. The van der Waals surface area contributed by atoms with E-state index in [0.717, 1.165) is 10.2 Å². The zero-order valence-electron chi connectivity index (χ0n) is 8.98. The number of nitrogens with one attached hydrogen (secondary N) is 1. The van der Waals surface area contributed by atoms with E-state index >= 15 is 0 Å². The van der Waals surface area contributed by atoms with E-state index in [1.54, 1.807) is 6.20 Å². The molecule has 0 saturated carbocycles. The molecule has 1 heterocycles. The maximum absolute atomic E-state index is 5.03. The molecule has 0 spiro atoms. The molecule has 1 atom stereocenters. The van der Waals surface area contributed by atoms with E-state index in [0.29, 0.717) is 6.54 Å². The minimum atomic E-state index is 0.265. The third-order valence-electron chi connectivity index (χ3n) is 2.45. The van der Waals surface area contributed by atoms with E-state index in [1.165, 1.54) is 5.56 Å². The number of halogens is 1. The van der Waals surface area contributed by atoms with Gasteiger partial charge < -0.3 is 9.84 Å². The first kappa shape index (κ1) is 11.4. The van der Waals surface area contributed by atoms with E-state index in [2.05, 4.69) is 39.4 Å². The molecular weight excluding hydrogens is 268 g/mol. The average Bonchev–Trinajstić information content (AvgIpc) is 2.79. The Balaban J connectivity index is 1.98. The molecule has 84 valence electrons. The standard InChI is InChI=1S/C12H13BrN2O/c1-9(11-4-2-3-5-12(11)13)14-8-10-6-7-15-16-10/h2-7,9,14H,8H2,1H3. The molecule has 1 aromatic heterocycles. The monoisotopic (exact) mass is 280 g/mol. The Bertz CT molecular complexity index is 442. The van der Waals surface area contributed by atoms with Crippen molar-refractivity contribution in [3.8, 4) is 0 Å². The lowest BCUT2D eigenvalue weighted by Crippen LogP contribution is -2.18. The summed E-state index contributed by atoms with van der Waals surface area (Å²) in [6, 6.07) is 10.3. The van der Waals surface area contributed by atoms with Gasteiger partial charge in [0.25, 0.3) is 0 Å². The van der Waals surface area contributed by atoms with Gasteiger partial charge in [0.1, 0.15) is 5.76 Å². The predicted octanol–water partition coefficient (Wildman–Crippen LogP) is 3.29. The molecule has 0 saturated heterocycles. The number of hydrogen-bond donors (Lipinski definition) is 1. The minimum absolute atomic E-state index is 0.265. The lowest BCUT2D eigenvalue weighted by molar-refractivity contribution is 0.366. The van der Waals surface area contributed by atoms with E-state index in [1.807, 2.05) is 24.3 Å². The summed E-state index contributed by atoms with van der Waals surface area (Å²) in [7, 11) is 0. The molecule has 1 unspecified atom stereocenters. The normalized spacial score (nSPS) is 12.6. The quantitative estimate of drug-likeness (QED) is 0.934. The van der Waals surface area contributed by atoms with Crippen molar-refractivity contribution >= 4 is 15.9 Å². The van der Waals surface area contributed by atoms with Crippen LogP contribution in [0, 0.1) is 0 Å². The molecule has 0 amide bonds. The summed E-state index contributed by atoms with van der Waals surface area (Å²) in [4.78, 5) is 0. The second-order valence-corrected chi connectivity index (χ2v) is 4.46. The summed E-state index contributed by atoms with van der Waals surface area (Å²) >= 11 is 3.54. The Hall–Kier alpha value is -1.13. The van der Waals surface area contributed by atoms with Gasteiger partial charge in [0, 0.05) is 16.6 Å². The highest BCUT2D eigenvalue weighted by molar-refractivity contribution is 9.10. The van der Waals surface area contributed by atoms with E-state index < -0.39 is 0 Å². The van der Waals surface area contributed by atoms with Crippen LogP contribution in [0.1, 0.15) is 24.3 Å². The summed E-state index contributed by atoms with van der Waals surface area (Å²) < 4.78 is 6.14. The first-order chi connectivity index (χ1) is 7.77. The van der Waals surface area contributed by atoms with Crippen LogP contribution >= 0.6 is 15.9 Å². The van der Waals surface area contributed by atoms with Crippen molar-refractivity contribution in [3.05, 3.63) is 52.3 Å². The van der Waals surface area contributed by atoms with Gasteiger partial charge >= 0.3 is 0 Å². The summed E-state index contributed by atoms with van der Waals surface area (Å²) in [6.07, 6.45) is 1.65. The number of rotatable bonds is 4. The summed E-state index contributed by atoms with van der Waals surface area (Å²) in [5, 5.41) is 7.04. The highest BCUT2D eigenvalue weighted by Gasteiger charge is 2.08. The summed E-state index contributed by atoms with van der Waals surface area (Å²) in [6.45, 7) is 2.80. The van der Waals surface area contributed by atoms with Crippen LogP contribution in [0.3, 0.4) is 0 Å². The van der Waals surface area contributed by atoms with Crippen LogP contribution in [0.15, 0.2) is 45.5 Å². The van der Waals surface area contributed by atoms with Gasteiger partial charge in [-0.2, -0.15) is 0 Å². The molecule has 2 rings (SSSR count). The molecule has 4 heteroatoms. The lowest BCUT2D eigenvalue weighted by atomic mass is 10.1. The second kappa shape index (κ2) is 5.27. The van der Waals surface area contributed by atoms with Gasteiger partial charge in [0.05, 0.1) is 12.7 Å². The van der Waals surface area contributed by atoms with Crippen LogP contribution in [0.25, 0.3) is 0 Å². The number of benzene rings is 1. The first-order valence-corrected chi connectivity index (χ1v) is 5.94. The van der Waals surface area contributed by atoms with Gasteiger partial charge in [-0.05, 0) is 18.6 Å². The van der Waals surface area contributed by atoms with Gasteiger partial charge in [0.2, 0.25) is 0 Å². The summed E-state index contributed by atoms with van der Waals surface area (Å²) in [5.41, 5.74) is 1.24. The van der Waals surface area contributed by atoms with Crippen molar-refractivity contribution in [1.82, 2.24) is 10.5 Å². The highest BCUT2D eigenvalue weighted by atomic mass is 79.9. The average molecular weight is 281 g/mol. The van der Waals surface area contributed by atoms with Crippen molar-refractivity contribution in [2.24, 2.45) is 0 Å².